The molecule has 0 radical (unpaired) electrons. The van der Waals surface area contributed by atoms with Gasteiger partial charge >= 0.3 is 5.97 Å². The minimum absolute atomic E-state index is 0.0812. The Morgan fingerprint density at radius 2 is 1.79 bits per heavy atom. The molecule has 160 valence electrons. The summed E-state index contributed by atoms with van der Waals surface area (Å²) < 4.78 is 6.54. The first-order valence-corrected chi connectivity index (χ1v) is 10.6. The normalized spacial score (nSPS) is 20.6. The van der Waals surface area contributed by atoms with E-state index in [9.17, 15) is 19.8 Å². The molecule has 3 aromatic rings. The van der Waals surface area contributed by atoms with Crippen molar-refractivity contribution in [2.45, 2.75) is 5.92 Å². The number of hydrogen-bond donors (Lipinski definition) is 2. The van der Waals surface area contributed by atoms with Crippen molar-refractivity contribution in [3.63, 3.8) is 0 Å². The molecule has 0 aromatic heterocycles. The second-order valence-electron chi connectivity index (χ2n) is 8.36. The lowest BCUT2D eigenvalue weighted by molar-refractivity contribution is -0.110. The first-order chi connectivity index (χ1) is 16.0. The molecular formula is C28H18O5. The summed E-state index contributed by atoms with van der Waals surface area (Å²) >= 11 is 0. The molecule has 2 aliphatic carbocycles. The van der Waals surface area contributed by atoms with Crippen LogP contribution < -0.4 is 4.74 Å². The van der Waals surface area contributed by atoms with Gasteiger partial charge in [0, 0.05) is 28.4 Å². The van der Waals surface area contributed by atoms with E-state index in [0.717, 1.165) is 27.5 Å². The summed E-state index contributed by atoms with van der Waals surface area (Å²) in [6.45, 7) is 0. The van der Waals surface area contributed by atoms with E-state index in [1.54, 1.807) is 36.4 Å². The van der Waals surface area contributed by atoms with Crippen LogP contribution in [0.2, 0.25) is 0 Å². The fourth-order valence-corrected chi connectivity index (χ4v) is 5.05. The van der Waals surface area contributed by atoms with Crippen LogP contribution in [0, 0.1) is 5.92 Å². The Hall–Kier alpha value is -4.38. The molecule has 3 aromatic carbocycles. The Kier molecular flexibility index (Phi) is 4.14. The number of ketones is 1. The lowest BCUT2D eigenvalue weighted by Gasteiger charge is -2.38. The Balaban J connectivity index is 1.67. The molecule has 0 saturated carbocycles. The quantitative estimate of drug-likeness (QED) is 0.574. The Bertz CT molecular complexity index is 1500. The number of ether oxygens (including phenoxy) is 1. The Morgan fingerprint density at radius 1 is 0.939 bits per heavy atom. The predicted octanol–water partition coefficient (Wildman–Crippen LogP) is 5.27. The zero-order valence-corrected chi connectivity index (χ0v) is 17.4. The van der Waals surface area contributed by atoms with Crippen LogP contribution in [0.15, 0.2) is 102 Å². The third-order valence-corrected chi connectivity index (χ3v) is 6.49. The molecule has 2 unspecified atom stereocenters. The second kappa shape index (κ2) is 7.07. The topological polar surface area (TPSA) is 83.8 Å². The number of hydrogen-bond acceptors (Lipinski definition) is 4. The van der Waals surface area contributed by atoms with Crippen molar-refractivity contribution in [1.82, 2.24) is 0 Å². The first kappa shape index (κ1) is 19.3. The zero-order chi connectivity index (χ0) is 22.7. The molecule has 0 fully saturated rings. The summed E-state index contributed by atoms with van der Waals surface area (Å²) in [7, 11) is 0. The van der Waals surface area contributed by atoms with Gasteiger partial charge in [-0.1, -0.05) is 42.5 Å². The molecule has 0 saturated heterocycles. The van der Waals surface area contributed by atoms with Crippen molar-refractivity contribution < 1.29 is 24.5 Å². The summed E-state index contributed by atoms with van der Waals surface area (Å²) in [6.07, 6.45) is 8.77. The van der Waals surface area contributed by atoms with E-state index in [-0.39, 0.29) is 28.9 Å². The molecule has 5 heteroatoms. The molecule has 6 rings (SSSR count). The molecule has 0 bridgehead atoms. The summed E-state index contributed by atoms with van der Waals surface area (Å²) in [5.74, 6) is -0.125. The first-order valence-electron chi connectivity index (χ1n) is 10.6. The predicted molar refractivity (Wildman–Crippen MR) is 123 cm³/mol. The van der Waals surface area contributed by atoms with Crippen molar-refractivity contribution in [3.8, 4) is 11.5 Å². The van der Waals surface area contributed by atoms with Gasteiger partial charge in [0.1, 0.15) is 17.3 Å². The highest BCUT2D eigenvalue weighted by molar-refractivity contribution is 6.03. The SMILES string of the molecule is O=C1C=CC2=C3Oc4c(ccc5cc(O)ccc45)C(c4ccccc4C(=O)O)C3C=CC2=C1. The maximum atomic E-state index is 12.1. The number of rotatable bonds is 2. The number of allylic oxidation sites excluding steroid dienone is 7. The smallest absolute Gasteiger partial charge is 0.335 e. The molecule has 33 heavy (non-hydrogen) atoms. The molecule has 2 N–H and O–H groups in total. The van der Waals surface area contributed by atoms with Gasteiger partial charge in [-0.25, -0.2) is 4.79 Å². The van der Waals surface area contributed by atoms with Gasteiger partial charge in [0.25, 0.3) is 0 Å². The lowest BCUT2D eigenvalue weighted by Crippen LogP contribution is -2.28. The maximum Gasteiger partial charge on any atom is 0.335 e. The number of phenols is 1. The number of phenolic OH excluding ortho intramolecular Hbond substituents is 1. The molecule has 0 amide bonds. The van der Waals surface area contributed by atoms with Crippen LogP contribution >= 0.6 is 0 Å². The van der Waals surface area contributed by atoms with E-state index in [2.05, 4.69) is 0 Å². The summed E-state index contributed by atoms with van der Waals surface area (Å²) in [5, 5.41) is 21.5. The maximum absolute atomic E-state index is 12.1. The monoisotopic (exact) mass is 434 g/mol. The van der Waals surface area contributed by atoms with E-state index >= 15 is 0 Å². The molecule has 5 nitrogen and oxygen atoms in total. The second-order valence-corrected chi connectivity index (χ2v) is 8.36. The van der Waals surface area contributed by atoms with E-state index < -0.39 is 5.97 Å². The number of aromatic hydroxyl groups is 1. The fraction of sp³-hybridized carbons (Fsp3) is 0.0714. The summed E-state index contributed by atoms with van der Waals surface area (Å²) in [4.78, 5) is 24.0. The van der Waals surface area contributed by atoms with Gasteiger partial charge in [0.15, 0.2) is 5.78 Å². The van der Waals surface area contributed by atoms with Gasteiger partial charge < -0.3 is 14.9 Å². The van der Waals surface area contributed by atoms with Gasteiger partial charge in [0.2, 0.25) is 0 Å². The minimum atomic E-state index is -0.984. The fourth-order valence-electron chi connectivity index (χ4n) is 5.05. The summed E-state index contributed by atoms with van der Waals surface area (Å²) in [6, 6.07) is 16.0. The molecule has 3 aliphatic rings. The third kappa shape index (κ3) is 2.93. The van der Waals surface area contributed by atoms with Crippen molar-refractivity contribution in [3.05, 3.63) is 119 Å². The highest BCUT2D eigenvalue weighted by Gasteiger charge is 2.40. The number of carboxylic acids is 1. The number of carbonyl (C=O) groups is 2. The van der Waals surface area contributed by atoms with E-state index in [1.165, 1.54) is 6.08 Å². The molecule has 2 atom stereocenters. The van der Waals surface area contributed by atoms with Crippen LogP contribution in [0.4, 0.5) is 0 Å². The molecular weight excluding hydrogens is 416 g/mol. The van der Waals surface area contributed by atoms with Crippen LogP contribution in [-0.4, -0.2) is 22.0 Å². The van der Waals surface area contributed by atoms with Crippen molar-refractivity contribution in [1.29, 1.82) is 0 Å². The van der Waals surface area contributed by atoms with Crippen molar-refractivity contribution in [2.75, 3.05) is 0 Å². The number of benzene rings is 3. The number of aromatic carboxylic acids is 1. The van der Waals surface area contributed by atoms with Crippen molar-refractivity contribution >= 4 is 22.5 Å². The van der Waals surface area contributed by atoms with Gasteiger partial charge in [-0.15, -0.1) is 0 Å². The van der Waals surface area contributed by atoms with Crippen LogP contribution in [0.5, 0.6) is 11.5 Å². The van der Waals surface area contributed by atoms with Gasteiger partial charge in [-0.3, -0.25) is 4.79 Å². The third-order valence-electron chi connectivity index (χ3n) is 6.49. The van der Waals surface area contributed by atoms with Crippen LogP contribution in [-0.2, 0) is 4.79 Å². The minimum Gasteiger partial charge on any atom is -0.508 e. The van der Waals surface area contributed by atoms with Gasteiger partial charge in [0.05, 0.1) is 5.56 Å². The van der Waals surface area contributed by atoms with E-state index in [1.807, 2.05) is 42.5 Å². The zero-order valence-electron chi connectivity index (χ0n) is 17.4. The average Bonchev–Trinajstić information content (AvgIpc) is 2.82. The Labute approximate surface area is 189 Å². The molecule has 1 heterocycles. The molecule has 1 aliphatic heterocycles. The average molecular weight is 434 g/mol. The lowest BCUT2D eigenvalue weighted by atomic mass is 9.72. The standard InChI is InChI=1S/C28H18O5/c29-17-7-11-19-15(13-17)5-9-23-25(21-3-1-2-4-22(21)28(31)32)24-10-6-16-14-18(30)8-12-20(16)27(24)33-26(19)23/h1-14,23,25,30H,(H,31,32). The largest absolute Gasteiger partial charge is 0.508 e. The Morgan fingerprint density at radius 3 is 2.64 bits per heavy atom. The molecule has 0 spiro atoms. The van der Waals surface area contributed by atoms with Gasteiger partial charge in [-0.2, -0.15) is 0 Å². The van der Waals surface area contributed by atoms with Gasteiger partial charge in [-0.05, 0) is 59.0 Å². The number of fused-ring (bicyclic) bond motifs is 5. The van der Waals surface area contributed by atoms with Crippen LogP contribution in [0.3, 0.4) is 0 Å². The summed E-state index contributed by atoms with van der Waals surface area (Å²) in [5.41, 5.74) is 3.42. The van der Waals surface area contributed by atoms with Crippen LogP contribution in [0.25, 0.3) is 10.8 Å². The number of carboxylic acid groups (broad SMARTS) is 1. The van der Waals surface area contributed by atoms with Crippen molar-refractivity contribution in [2.24, 2.45) is 5.92 Å². The van der Waals surface area contributed by atoms with E-state index in [4.69, 9.17) is 4.74 Å². The number of carbonyl (C=O) groups excluding carboxylic acids is 1. The highest BCUT2D eigenvalue weighted by Crippen LogP contribution is 2.52. The highest BCUT2D eigenvalue weighted by atomic mass is 16.5. The van der Waals surface area contributed by atoms with E-state index in [0.29, 0.717) is 17.1 Å². The van der Waals surface area contributed by atoms with Crippen LogP contribution in [0.1, 0.15) is 27.4 Å².